The minimum absolute atomic E-state index is 0.125. The van der Waals surface area contributed by atoms with Crippen LogP contribution >= 0.6 is 0 Å². The van der Waals surface area contributed by atoms with E-state index in [1.165, 1.54) is 44.9 Å². The Morgan fingerprint density at radius 1 is 0.962 bits per heavy atom. The average molecular weight is 383 g/mol. The van der Waals surface area contributed by atoms with Gasteiger partial charge in [0.15, 0.2) is 0 Å². The molecule has 148 valence electrons. The van der Waals surface area contributed by atoms with Crippen molar-refractivity contribution in [3.05, 3.63) is 29.3 Å². The summed E-state index contributed by atoms with van der Waals surface area (Å²) in [6.07, 6.45) is 11.7. The van der Waals surface area contributed by atoms with E-state index < -0.39 is 15.9 Å². The van der Waals surface area contributed by atoms with Crippen LogP contribution in [-0.2, 0) is 10.0 Å². The first-order chi connectivity index (χ1) is 12.4. The second-order valence-corrected chi connectivity index (χ2v) is 8.84. The third-order valence-electron chi connectivity index (χ3n) is 4.53. The third kappa shape index (κ3) is 9.22. The lowest BCUT2D eigenvalue weighted by atomic mass is 10.1. The zero-order chi connectivity index (χ0) is 19.4. The molecule has 0 fully saturated rings. The van der Waals surface area contributed by atoms with Gasteiger partial charge in [0, 0.05) is 11.3 Å². The maximum Gasteiger partial charge on any atom is 0.248 e. The number of sulfonamides is 1. The number of primary amides is 1. The number of aryl methyl sites for hydroxylation is 1. The van der Waals surface area contributed by atoms with Gasteiger partial charge in [0.25, 0.3) is 0 Å². The van der Waals surface area contributed by atoms with E-state index in [0.717, 1.165) is 12.8 Å². The van der Waals surface area contributed by atoms with Crippen LogP contribution in [0.3, 0.4) is 0 Å². The fourth-order valence-electron chi connectivity index (χ4n) is 3.01. The molecular weight excluding hydrogens is 348 g/mol. The van der Waals surface area contributed by atoms with E-state index in [0.29, 0.717) is 23.2 Å². The van der Waals surface area contributed by atoms with Crippen LogP contribution in [0.25, 0.3) is 0 Å². The summed E-state index contributed by atoms with van der Waals surface area (Å²) in [6.45, 7) is 3.96. The quantitative estimate of drug-likeness (QED) is 0.455. The van der Waals surface area contributed by atoms with E-state index in [4.69, 9.17) is 5.73 Å². The Kier molecular flexibility index (Phi) is 10.3. The minimum atomic E-state index is -3.36. The van der Waals surface area contributed by atoms with Crippen LogP contribution in [-0.4, -0.2) is 20.1 Å². The van der Waals surface area contributed by atoms with Gasteiger partial charge in [0.05, 0.1) is 5.75 Å². The minimum Gasteiger partial charge on any atom is -0.366 e. The molecule has 1 amide bonds. The molecule has 0 aliphatic heterocycles. The number of nitrogens with one attached hydrogen (secondary N) is 1. The Bertz CT molecular complexity index is 657. The van der Waals surface area contributed by atoms with Gasteiger partial charge in [-0.05, 0) is 37.1 Å². The number of carbonyl (C=O) groups is 1. The fourth-order valence-corrected chi connectivity index (χ4v) is 4.19. The zero-order valence-electron chi connectivity index (χ0n) is 16.2. The molecule has 0 saturated heterocycles. The number of unbranched alkanes of at least 4 members (excludes halogenated alkanes) is 9. The van der Waals surface area contributed by atoms with Crippen molar-refractivity contribution in [1.29, 1.82) is 0 Å². The third-order valence-corrected chi connectivity index (χ3v) is 5.90. The Hall–Kier alpha value is -1.56. The molecule has 1 rings (SSSR count). The molecule has 0 radical (unpaired) electrons. The number of amides is 1. The highest BCUT2D eigenvalue weighted by atomic mass is 32.2. The van der Waals surface area contributed by atoms with Gasteiger partial charge in [0.2, 0.25) is 15.9 Å². The molecule has 0 heterocycles. The van der Waals surface area contributed by atoms with E-state index in [-0.39, 0.29) is 5.75 Å². The molecule has 3 N–H and O–H groups in total. The Morgan fingerprint density at radius 2 is 1.50 bits per heavy atom. The van der Waals surface area contributed by atoms with Crippen molar-refractivity contribution in [3.8, 4) is 0 Å². The predicted molar refractivity (Wildman–Crippen MR) is 109 cm³/mol. The second-order valence-electron chi connectivity index (χ2n) is 7.00. The summed E-state index contributed by atoms with van der Waals surface area (Å²) in [4.78, 5) is 11.2. The van der Waals surface area contributed by atoms with Crippen molar-refractivity contribution >= 4 is 21.6 Å². The molecule has 0 saturated carbocycles. The number of hydrogen-bond acceptors (Lipinski definition) is 3. The Balaban J connectivity index is 2.24. The molecule has 1 aromatic rings. The second kappa shape index (κ2) is 11.9. The summed E-state index contributed by atoms with van der Waals surface area (Å²) in [6, 6.07) is 4.76. The number of hydrogen-bond donors (Lipinski definition) is 2. The van der Waals surface area contributed by atoms with Gasteiger partial charge in [-0.3, -0.25) is 9.52 Å². The summed E-state index contributed by atoms with van der Waals surface area (Å²) in [5.41, 5.74) is 6.80. The number of carbonyl (C=O) groups excluding carboxylic acids is 1. The van der Waals surface area contributed by atoms with Gasteiger partial charge < -0.3 is 5.73 Å². The molecule has 0 unspecified atom stereocenters. The van der Waals surface area contributed by atoms with E-state index in [9.17, 15) is 13.2 Å². The molecule has 6 heteroatoms. The molecule has 0 aliphatic rings. The van der Waals surface area contributed by atoms with Crippen molar-refractivity contribution in [2.45, 2.75) is 78.1 Å². The van der Waals surface area contributed by atoms with Crippen molar-refractivity contribution in [3.63, 3.8) is 0 Å². The molecule has 1 aromatic carbocycles. The van der Waals surface area contributed by atoms with Gasteiger partial charge in [-0.1, -0.05) is 64.7 Å². The Labute approximate surface area is 158 Å². The molecule has 0 atom stereocenters. The first-order valence-electron chi connectivity index (χ1n) is 9.76. The summed E-state index contributed by atoms with van der Waals surface area (Å²) < 4.78 is 26.9. The molecular formula is C20H34N2O3S. The normalized spacial score (nSPS) is 11.5. The molecule has 0 aliphatic carbocycles. The first kappa shape index (κ1) is 22.5. The van der Waals surface area contributed by atoms with Crippen LogP contribution in [0.5, 0.6) is 0 Å². The van der Waals surface area contributed by atoms with Gasteiger partial charge >= 0.3 is 0 Å². The summed E-state index contributed by atoms with van der Waals surface area (Å²) in [5, 5.41) is 0. The van der Waals surface area contributed by atoms with Gasteiger partial charge in [-0.2, -0.15) is 0 Å². The van der Waals surface area contributed by atoms with Crippen LogP contribution in [0.2, 0.25) is 0 Å². The van der Waals surface area contributed by atoms with Gasteiger partial charge in [-0.25, -0.2) is 8.42 Å². The van der Waals surface area contributed by atoms with Gasteiger partial charge in [0.1, 0.15) is 0 Å². The highest BCUT2D eigenvalue weighted by molar-refractivity contribution is 7.92. The molecule has 0 aromatic heterocycles. The lowest BCUT2D eigenvalue weighted by Crippen LogP contribution is -2.17. The molecule has 0 spiro atoms. The van der Waals surface area contributed by atoms with Gasteiger partial charge in [-0.15, -0.1) is 0 Å². The first-order valence-corrected chi connectivity index (χ1v) is 11.4. The SMILES string of the molecule is CCCCCCCCCCCCS(=O)(=O)Nc1ccc(C(N)=O)c(C)c1. The maximum atomic E-state index is 12.2. The van der Waals surface area contributed by atoms with E-state index in [1.807, 2.05) is 0 Å². The maximum absolute atomic E-state index is 12.2. The van der Waals surface area contributed by atoms with Crippen LogP contribution < -0.4 is 10.5 Å². The number of nitrogens with two attached hydrogens (primary N) is 1. The van der Waals surface area contributed by atoms with Crippen LogP contribution in [0, 0.1) is 6.92 Å². The monoisotopic (exact) mass is 382 g/mol. The largest absolute Gasteiger partial charge is 0.366 e. The summed E-state index contributed by atoms with van der Waals surface area (Å²) in [7, 11) is -3.36. The summed E-state index contributed by atoms with van der Waals surface area (Å²) in [5.74, 6) is -0.387. The fraction of sp³-hybridized carbons (Fsp3) is 0.650. The standard InChI is InChI=1S/C20H34N2O3S/c1-3-4-5-6-7-8-9-10-11-12-15-26(24,25)22-18-13-14-19(20(21)23)17(2)16-18/h13-14,16,22H,3-12,15H2,1-2H3,(H2,21,23). The van der Waals surface area contributed by atoms with Crippen LogP contribution in [0.1, 0.15) is 87.1 Å². The highest BCUT2D eigenvalue weighted by Gasteiger charge is 2.12. The number of rotatable bonds is 14. The van der Waals surface area contributed by atoms with Crippen LogP contribution in [0.15, 0.2) is 18.2 Å². The van der Waals surface area contributed by atoms with Crippen molar-refractivity contribution in [2.24, 2.45) is 5.73 Å². The molecule has 26 heavy (non-hydrogen) atoms. The highest BCUT2D eigenvalue weighted by Crippen LogP contribution is 2.17. The zero-order valence-corrected chi connectivity index (χ0v) is 17.0. The van der Waals surface area contributed by atoms with Crippen molar-refractivity contribution in [2.75, 3.05) is 10.5 Å². The van der Waals surface area contributed by atoms with Crippen molar-refractivity contribution in [1.82, 2.24) is 0 Å². The van der Waals surface area contributed by atoms with Crippen LogP contribution in [0.4, 0.5) is 5.69 Å². The number of benzene rings is 1. The van der Waals surface area contributed by atoms with E-state index >= 15 is 0 Å². The van der Waals surface area contributed by atoms with Crippen molar-refractivity contribution < 1.29 is 13.2 Å². The molecule has 0 bridgehead atoms. The topological polar surface area (TPSA) is 89.3 Å². The van der Waals surface area contributed by atoms with E-state index in [1.54, 1.807) is 25.1 Å². The Morgan fingerprint density at radius 3 is 2.00 bits per heavy atom. The lowest BCUT2D eigenvalue weighted by Gasteiger charge is -2.10. The molecule has 5 nitrogen and oxygen atoms in total. The lowest BCUT2D eigenvalue weighted by molar-refractivity contribution is 0.0999. The summed E-state index contributed by atoms with van der Waals surface area (Å²) >= 11 is 0. The average Bonchev–Trinajstić information content (AvgIpc) is 2.56. The number of anilines is 1. The predicted octanol–water partition coefficient (Wildman–Crippen LogP) is 4.76. The smallest absolute Gasteiger partial charge is 0.248 e. The van der Waals surface area contributed by atoms with E-state index in [2.05, 4.69) is 11.6 Å².